The average molecular weight is 386 g/mol. The molecule has 2 aromatic rings. The Kier molecular flexibility index (Phi) is 5.27. The number of hydrogen-bond acceptors (Lipinski definition) is 4. The molecule has 0 spiro atoms. The number of nitrogens with one attached hydrogen (secondary N) is 1. The molecule has 1 aliphatic rings. The van der Waals surface area contributed by atoms with Gasteiger partial charge in [-0.3, -0.25) is 9.69 Å². The molecule has 1 fully saturated rings. The maximum atomic E-state index is 13.3. The Morgan fingerprint density at radius 2 is 1.68 bits per heavy atom. The van der Waals surface area contributed by atoms with E-state index in [9.17, 15) is 14.0 Å². The summed E-state index contributed by atoms with van der Waals surface area (Å²) in [5.74, 6) is 0.344. The van der Waals surface area contributed by atoms with E-state index in [4.69, 9.17) is 9.47 Å². The van der Waals surface area contributed by atoms with Crippen molar-refractivity contribution in [2.45, 2.75) is 32.4 Å². The molecule has 6 nitrogen and oxygen atoms in total. The molecule has 1 atom stereocenters. The summed E-state index contributed by atoms with van der Waals surface area (Å²) in [6.07, 6.45) is 0.352. The summed E-state index contributed by atoms with van der Waals surface area (Å²) in [6, 6.07) is 8.72. The zero-order valence-corrected chi connectivity index (χ0v) is 16.3. The van der Waals surface area contributed by atoms with Gasteiger partial charge in [0.15, 0.2) is 11.5 Å². The number of methoxy groups -OCH3 is 2. The van der Waals surface area contributed by atoms with E-state index < -0.39 is 17.4 Å². The van der Waals surface area contributed by atoms with Crippen molar-refractivity contribution in [2.24, 2.45) is 0 Å². The van der Waals surface area contributed by atoms with Crippen LogP contribution in [0.15, 0.2) is 36.4 Å². The number of rotatable bonds is 6. The zero-order chi connectivity index (χ0) is 20.5. The van der Waals surface area contributed by atoms with E-state index in [2.05, 4.69) is 5.32 Å². The molecule has 3 rings (SSSR count). The van der Waals surface area contributed by atoms with E-state index in [1.165, 1.54) is 36.3 Å². The average Bonchev–Trinajstić information content (AvgIpc) is 2.94. The molecule has 0 unspecified atom stereocenters. The van der Waals surface area contributed by atoms with Gasteiger partial charge < -0.3 is 14.8 Å². The van der Waals surface area contributed by atoms with E-state index >= 15 is 0 Å². The molecular weight excluding hydrogens is 363 g/mol. The third-order valence-electron chi connectivity index (χ3n) is 5.21. The minimum absolute atomic E-state index is 0.0970. The van der Waals surface area contributed by atoms with Crippen molar-refractivity contribution < 1.29 is 23.5 Å². The van der Waals surface area contributed by atoms with E-state index in [1.54, 1.807) is 19.2 Å². The highest BCUT2D eigenvalue weighted by molar-refractivity contribution is 6.07. The van der Waals surface area contributed by atoms with Gasteiger partial charge in [0.05, 0.1) is 20.8 Å². The van der Waals surface area contributed by atoms with Crippen LogP contribution in [0.1, 0.15) is 30.0 Å². The van der Waals surface area contributed by atoms with Crippen LogP contribution in [-0.4, -0.2) is 31.1 Å². The Bertz CT molecular complexity index is 913. The molecule has 3 amide bonds. The monoisotopic (exact) mass is 386 g/mol. The number of benzene rings is 2. The van der Waals surface area contributed by atoms with Crippen molar-refractivity contribution in [2.75, 3.05) is 14.2 Å². The molecule has 7 heteroatoms. The lowest BCUT2D eigenvalue weighted by Gasteiger charge is -2.26. The summed E-state index contributed by atoms with van der Waals surface area (Å²) in [5.41, 5.74) is 0.998. The van der Waals surface area contributed by atoms with Crippen LogP contribution >= 0.6 is 0 Å². The second-order valence-corrected chi connectivity index (χ2v) is 6.72. The Balaban J connectivity index is 1.95. The molecule has 1 aliphatic heterocycles. The van der Waals surface area contributed by atoms with Gasteiger partial charge in [0, 0.05) is 0 Å². The zero-order valence-electron chi connectivity index (χ0n) is 16.3. The van der Waals surface area contributed by atoms with Crippen LogP contribution < -0.4 is 14.8 Å². The van der Waals surface area contributed by atoms with Crippen LogP contribution in [-0.2, 0) is 16.9 Å². The first-order valence-corrected chi connectivity index (χ1v) is 8.98. The number of carbonyl (C=O) groups excluding carboxylic acids is 2. The largest absolute Gasteiger partial charge is 0.493 e. The number of urea groups is 1. The van der Waals surface area contributed by atoms with Crippen molar-refractivity contribution in [1.82, 2.24) is 10.2 Å². The number of imide groups is 1. The number of ether oxygens (including phenoxy) is 2. The van der Waals surface area contributed by atoms with Crippen LogP contribution in [0.4, 0.5) is 9.18 Å². The minimum Gasteiger partial charge on any atom is -0.493 e. The van der Waals surface area contributed by atoms with Crippen molar-refractivity contribution in [3.63, 3.8) is 0 Å². The maximum Gasteiger partial charge on any atom is 0.325 e. The molecule has 28 heavy (non-hydrogen) atoms. The van der Waals surface area contributed by atoms with Gasteiger partial charge in [0.25, 0.3) is 5.91 Å². The van der Waals surface area contributed by atoms with E-state index in [-0.39, 0.29) is 12.5 Å². The molecule has 0 saturated carbocycles. The topological polar surface area (TPSA) is 67.9 Å². The predicted octanol–water partition coefficient (Wildman–Crippen LogP) is 3.51. The number of halogens is 1. The normalized spacial score (nSPS) is 19.0. The fraction of sp³-hybridized carbons (Fsp3) is 0.333. The highest BCUT2D eigenvalue weighted by Crippen LogP contribution is 2.35. The van der Waals surface area contributed by atoms with Gasteiger partial charge >= 0.3 is 6.03 Å². The first-order chi connectivity index (χ1) is 13.4. The summed E-state index contributed by atoms with van der Waals surface area (Å²) >= 11 is 0. The standard InChI is InChI=1S/C21H23FN2O4/c1-5-21(15-6-8-16(22)9-7-15)19(25)24(20(26)23-21)12-14-11-18(28-4)17(27-3)10-13(14)2/h6-11H,5,12H2,1-4H3,(H,23,26)/t21-/m1/s1. The lowest BCUT2D eigenvalue weighted by Crippen LogP contribution is -2.43. The second kappa shape index (κ2) is 7.50. The molecular formula is C21H23FN2O4. The van der Waals surface area contributed by atoms with Crippen LogP contribution in [0.5, 0.6) is 11.5 Å². The Morgan fingerprint density at radius 3 is 2.25 bits per heavy atom. The van der Waals surface area contributed by atoms with Crippen LogP contribution in [0.2, 0.25) is 0 Å². The second-order valence-electron chi connectivity index (χ2n) is 6.72. The van der Waals surface area contributed by atoms with Gasteiger partial charge in [0.2, 0.25) is 0 Å². The molecule has 148 valence electrons. The first-order valence-electron chi connectivity index (χ1n) is 8.98. The van der Waals surface area contributed by atoms with Crippen molar-refractivity contribution in [1.29, 1.82) is 0 Å². The Morgan fingerprint density at radius 1 is 1.07 bits per heavy atom. The molecule has 1 saturated heterocycles. The van der Waals surface area contributed by atoms with Crippen LogP contribution in [0.25, 0.3) is 0 Å². The van der Waals surface area contributed by atoms with E-state index in [0.29, 0.717) is 23.5 Å². The van der Waals surface area contributed by atoms with Crippen LogP contribution in [0, 0.1) is 12.7 Å². The number of amides is 3. The summed E-state index contributed by atoms with van der Waals surface area (Å²) in [7, 11) is 3.08. The van der Waals surface area contributed by atoms with E-state index in [1.807, 2.05) is 13.8 Å². The van der Waals surface area contributed by atoms with Gasteiger partial charge in [-0.15, -0.1) is 0 Å². The summed E-state index contributed by atoms with van der Waals surface area (Å²) in [6.45, 7) is 3.79. The highest BCUT2D eigenvalue weighted by Gasteiger charge is 2.51. The highest BCUT2D eigenvalue weighted by atomic mass is 19.1. The van der Waals surface area contributed by atoms with Gasteiger partial charge in [-0.05, 0) is 54.3 Å². The number of aryl methyl sites for hydroxylation is 1. The van der Waals surface area contributed by atoms with Gasteiger partial charge in [-0.1, -0.05) is 19.1 Å². The number of hydrogen-bond donors (Lipinski definition) is 1. The molecule has 2 aromatic carbocycles. The number of carbonyl (C=O) groups is 2. The Hall–Kier alpha value is -3.09. The maximum absolute atomic E-state index is 13.3. The van der Waals surface area contributed by atoms with E-state index in [0.717, 1.165) is 11.1 Å². The minimum atomic E-state index is -1.20. The fourth-order valence-corrected chi connectivity index (χ4v) is 3.51. The van der Waals surface area contributed by atoms with Gasteiger partial charge in [0.1, 0.15) is 11.4 Å². The molecule has 0 bridgehead atoms. The molecule has 0 radical (unpaired) electrons. The quantitative estimate of drug-likeness (QED) is 0.772. The number of nitrogens with zero attached hydrogens (tertiary/aromatic N) is 1. The SMILES string of the molecule is CC[C@]1(c2ccc(F)cc2)NC(=O)N(Cc2cc(OC)c(OC)cc2C)C1=O. The third kappa shape index (κ3) is 3.17. The van der Waals surface area contributed by atoms with Gasteiger partial charge in [-0.25, -0.2) is 9.18 Å². The van der Waals surface area contributed by atoms with Crippen molar-refractivity contribution in [3.8, 4) is 11.5 Å². The third-order valence-corrected chi connectivity index (χ3v) is 5.21. The summed E-state index contributed by atoms with van der Waals surface area (Å²) in [5, 5.41) is 2.80. The lowest BCUT2D eigenvalue weighted by molar-refractivity contribution is -0.132. The molecule has 0 aliphatic carbocycles. The van der Waals surface area contributed by atoms with Crippen molar-refractivity contribution >= 4 is 11.9 Å². The summed E-state index contributed by atoms with van der Waals surface area (Å²) in [4.78, 5) is 27.1. The van der Waals surface area contributed by atoms with Crippen molar-refractivity contribution in [3.05, 3.63) is 58.9 Å². The predicted molar refractivity (Wildman–Crippen MR) is 102 cm³/mol. The summed E-state index contributed by atoms with van der Waals surface area (Å²) < 4.78 is 23.9. The van der Waals surface area contributed by atoms with Crippen LogP contribution in [0.3, 0.4) is 0 Å². The smallest absolute Gasteiger partial charge is 0.325 e. The molecule has 1 N–H and O–H groups in total. The first kappa shape index (κ1) is 19.7. The molecule has 0 aromatic heterocycles. The lowest BCUT2D eigenvalue weighted by atomic mass is 9.87. The van der Waals surface area contributed by atoms with Gasteiger partial charge in [-0.2, -0.15) is 0 Å². The Labute approximate surface area is 163 Å². The molecule has 1 heterocycles. The fourth-order valence-electron chi connectivity index (χ4n) is 3.51.